The molecule has 5 aliphatic heterocycles. The van der Waals surface area contributed by atoms with E-state index in [1.165, 1.54) is 6.07 Å². The van der Waals surface area contributed by atoms with Gasteiger partial charge in [-0.1, -0.05) is 19.9 Å². The summed E-state index contributed by atoms with van der Waals surface area (Å²) < 4.78 is 13.1. The maximum Gasteiger partial charge on any atom is 0.258 e. The van der Waals surface area contributed by atoms with Crippen molar-refractivity contribution in [1.29, 1.82) is 0 Å². The molecule has 0 unspecified atom stereocenters. The summed E-state index contributed by atoms with van der Waals surface area (Å²) >= 11 is 1.70. The molecular formula is C50H62N10O7S. The number of likely N-dealkylation sites (tertiary alicyclic amines) is 3. The van der Waals surface area contributed by atoms with Gasteiger partial charge in [0.15, 0.2) is 11.6 Å². The lowest BCUT2D eigenvalue weighted by molar-refractivity contribution is -0.158. The molecule has 17 nitrogen and oxygen atoms in total. The molecule has 0 radical (unpaired) electrons. The van der Waals surface area contributed by atoms with Crippen molar-refractivity contribution in [2.24, 2.45) is 5.92 Å². The highest BCUT2D eigenvalue weighted by Crippen LogP contribution is 2.38. The van der Waals surface area contributed by atoms with Crippen LogP contribution in [0.5, 0.6) is 17.2 Å². The molecule has 68 heavy (non-hydrogen) atoms. The van der Waals surface area contributed by atoms with Gasteiger partial charge in [-0.2, -0.15) is 0 Å². The van der Waals surface area contributed by atoms with Gasteiger partial charge < -0.3 is 50.1 Å². The first-order chi connectivity index (χ1) is 32.9. The number of carbonyl (C=O) groups is 2. The van der Waals surface area contributed by atoms with E-state index in [-0.39, 0.29) is 46.8 Å². The topological polar surface area (TPSA) is 207 Å². The first-order valence-electron chi connectivity index (χ1n) is 24.2. The highest BCUT2D eigenvalue weighted by molar-refractivity contribution is 7.19. The van der Waals surface area contributed by atoms with Crippen molar-refractivity contribution in [2.75, 3.05) is 82.8 Å². The molecule has 8 heterocycles. The molecule has 0 aliphatic carbocycles. The molecule has 0 atom stereocenters. The van der Waals surface area contributed by atoms with Crippen LogP contribution in [0.3, 0.4) is 0 Å². The van der Waals surface area contributed by atoms with E-state index in [2.05, 4.69) is 30.7 Å². The van der Waals surface area contributed by atoms with Crippen LogP contribution >= 0.6 is 11.3 Å². The van der Waals surface area contributed by atoms with Gasteiger partial charge in [0, 0.05) is 102 Å². The third-order valence-electron chi connectivity index (χ3n) is 14.5. The summed E-state index contributed by atoms with van der Waals surface area (Å²) in [6.45, 7) is 13.7. The summed E-state index contributed by atoms with van der Waals surface area (Å²) in [6.07, 6.45) is 7.93. The fourth-order valence-electron chi connectivity index (χ4n) is 10.5. The van der Waals surface area contributed by atoms with E-state index >= 15 is 0 Å². The van der Waals surface area contributed by atoms with Crippen molar-refractivity contribution in [2.45, 2.75) is 89.6 Å². The zero-order valence-corrected chi connectivity index (χ0v) is 39.8. The zero-order chi connectivity index (χ0) is 47.1. The second-order valence-electron chi connectivity index (χ2n) is 19.6. The Morgan fingerprint density at radius 1 is 0.853 bits per heavy atom. The Morgan fingerprint density at radius 2 is 1.57 bits per heavy atom. The molecule has 2 amide bonds. The summed E-state index contributed by atoms with van der Waals surface area (Å²) in [4.78, 5) is 57.4. The van der Waals surface area contributed by atoms with Crippen molar-refractivity contribution in [1.82, 2.24) is 39.5 Å². The molecule has 3 aromatic heterocycles. The number of nitrogen functional groups attached to an aromatic ring is 1. The van der Waals surface area contributed by atoms with Gasteiger partial charge in [-0.25, -0.2) is 19.9 Å². The molecule has 2 aromatic carbocycles. The fraction of sp³-hybridized carbons (Fsp3) is 0.520. The number of phenolic OH excluding ortho intramolecular Hbond substituents is 2. The largest absolute Gasteiger partial charge is 0.508 e. The lowest BCUT2D eigenvalue weighted by Gasteiger charge is -2.42. The summed E-state index contributed by atoms with van der Waals surface area (Å²) in [7, 11) is 0. The second-order valence-corrected chi connectivity index (χ2v) is 20.7. The second kappa shape index (κ2) is 19.4. The van der Waals surface area contributed by atoms with Crippen LogP contribution in [-0.4, -0.2) is 150 Å². The quantitative estimate of drug-likeness (QED) is 0.131. The summed E-state index contributed by atoms with van der Waals surface area (Å²) in [6, 6.07) is 11.1. The van der Waals surface area contributed by atoms with Gasteiger partial charge in [-0.05, 0) is 91.3 Å². The molecule has 10 rings (SSSR count). The number of fused-ring (bicyclic) bond motifs is 2. The standard InChI is InChI=1S/C50H62N10O7S/c1-31(2)39-23-40(43(62)24-42(39)61)47(63)60-28-33-3-4-37(21-34(33)29-60)67-36-7-11-56(12-8-36)27-32-5-13-59(14-6-32)48(64)50(65)9-15-57(16-10-50)30-38-22-41-44(68-38)46(58-17-19-66-20-18-58)55-45(54-41)35-25-52-49(51)53-26-35/h3-4,21-26,31-32,36,61-62,65H,5-20,27-30H2,1-2H3,(H2,51,52,53). The lowest BCUT2D eigenvalue weighted by atomic mass is 9.88. The molecule has 4 fully saturated rings. The zero-order valence-electron chi connectivity index (χ0n) is 39.0. The predicted molar refractivity (Wildman–Crippen MR) is 259 cm³/mol. The minimum atomic E-state index is -1.35. The number of aliphatic hydroxyl groups is 1. The third-order valence-corrected chi connectivity index (χ3v) is 15.7. The van der Waals surface area contributed by atoms with Crippen molar-refractivity contribution >= 4 is 45.1 Å². The molecule has 360 valence electrons. The molecule has 0 spiro atoms. The van der Waals surface area contributed by atoms with E-state index < -0.39 is 5.60 Å². The van der Waals surface area contributed by atoms with E-state index in [1.54, 1.807) is 34.7 Å². The smallest absolute Gasteiger partial charge is 0.258 e. The van der Waals surface area contributed by atoms with Gasteiger partial charge >= 0.3 is 0 Å². The Labute approximate surface area is 400 Å². The van der Waals surface area contributed by atoms with E-state index in [0.29, 0.717) is 94.7 Å². The maximum absolute atomic E-state index is 13.9. The molecule has 5 N–H and O–H groups in total. The number of nitrogens with zero attached hydrogens (tertiary/aromatic N) is 9. The van der Waals surface area contributed by atoms with Crippen molar-refractivity contribution < 1.29 is 34.4 Å². The number of carbonyl (C=O) groups excluding carboxylic acids is 2. The van der Waals surface area contributed by atoms with Crippen LogP contribution in [0.1, 0.15) is 90.2 Å². The average molecular weight is 947 g/mol. The first kappa shape index (κ1) is 46.1. The normalized spacial score (nSPS) is 19.8. The number of thiophene rings is 1. The van der Waals surface area contributed by atoms with Crippen LogP contribution in [0, 0.1) is 5.92 Å². The Hall–Kier alpha value is -5.66. The number of piperidine rings is 3. The molecule has 0 saturated carbocycles. The van der Waals surface area contributed by atoms with Gasteiger partial charge in [0.05, 0.1) is 34.6 Å². The summed E-state index contributed by atoms with van der Waals surface area (Å²) in [5.74, 6) is 2.34. The predicted octanol–water partition coefficient (Wildman–Crippen LogP) is 5.37. The first-order valence-corrected chi connectivity index (χ1v) is 25.0. The van der Waals surface area contributed by atoms with E-state index in [1.807, 2.05) is 36.9 Å². The highest BCUT2D eigenvalue weighted by atomic mass is 32.1. The summed E-state index contributed by atoms with van der Waals surface area (Å²) in [5.41, 5.74) is 8.91. The molecule has 5 aliphatic rings. The van der Waals surface area contributed by atoms with Crippen LogP contribution in [0.2, 0.25) is 0 Å². The maximum atomic E-state index is 13.9. The van der Waals surface area contributed by atoms with E-state index in [9.17, 15) is 24.9 Å². The number of ether oxygens (including phenoxy) is 2. The van der Waals surface area contributed by atoms with Crippen molar-refractivity contribution in [3.8, 4) is 28.6 Å². The fourth-order valence-corrected chi connectivity index (χ4v) is 11.7. The minimum absolute atomic E-state index is 0.00603. The van der Waals surface area contributed by atoms with Gasteiger partial charge in [0.1, 0.15) is 29.0 Å². The number of morpholine rings is 1. The molecule has 18 heteroatoms. The SMILES string of the molecule is CC(C)c1cc(C(=O)N2Cc3ccc(OC4CCN(CC5CCN(C(=O)C6(O)CCN(Cc7cc8nc(-c9cnc(N)nc9)nc(N9CCOCC9)c8s7)CC6)CC5)CC4)cc3C2)c(O)cc1O. The molecule has 0 bridgehead atoms. The number of aromatic nitrogens is 4. The van der Waals surface area contributed by atoms with Gasteiger partial charge in [-0.3, -0.25) is 14.5 Å². The van der Waals surface area contributed by atoms with Crippen molar-refractivity contribution in [3.63, 3.8) is 0 Å². The van der Waals surface area contributed by atoms with Gasteiger partial charge in [0.2, 0.25) is 5.95 Å². The molecule has 4 saturated heterocycles. The Morgan fingerprint density at radius 3 is 2.29 bits per heavy atom. The Kier molecular flexibility index (Phi) is 13.1. The number of hydrogen-bond acceptors (Lipinski definition) is 16. The number of hydrogen-bond donors (Lipinski definition) is 4. The Balaban J connectivity index is 0.668. The minimum Gasteiger partial charge on any atom is -0.508 e. The van der Waals surface area contributed by atoms with Crippen LogP contribution < -0.4 is 15.4 Å². The average Bonchev–Trinajstić information content (AvgIpc) is 3.97. The number of anilines is 2. The number of phenols is 2. The number of amides is 2. The van der Waals surface area contributed by atoms with Crippen LogP contribution in [0.4, 0.5) is 11.8 Å². The van der Waals surface area contributed by atoms with E-state index in [0.717, 1.165) is 96.2 Å². The number of rotatable bonds is 11. The monoisotopic (exact) mass is 946 g/mol. The highest BCUT2D eigenvalue weighted by Gasteiger charge is 2.43. The number of aromatic hydroxyl groups is 2. The summed E-state index contributed by atoms with van der Waals surface area (Å²) in [5, 5.41) is 32.5. The molecular weight excluding hydrogens is 885 g/mol. The number of benzene rings is 2. The lowest BCUT2D eigenvalue weighted by Crippen LogP contribution is -2.56. The van der Waals surface area contributed by atoms with E-state index in [4.69, 9.17) is 25.2 Å². The van der Waals surface area contributed by atoms with Crippen LogP contribution in [-0.2, 0) is 29.2 Å². The van der Waals surface area contributed by atoms with Gasteiger partial charge in [0.25, 0.3) is 11.8 Å². The third kappa shape index (κ3) is 9.79. The van der Waals surface area contributed by atoms with Crippen molar-refractivity contribution in [3.05, 3.63) is 75.9 Å². The van der Waals surface area contributed by atoms with Crippen LogP contribution in [0.25, 0.3) is 21.6 Å². The number of nitrogens with two attached hydrogens (primary N) is 1. The molecule has 5 aromatic rings. The Bertz CT molecular complexity index is 2630. The van der Waals surface area contributed by atoms with Crippen LogP contribution in [0.15, 0.2) is 48.8 Å². The van der Waals surface area contributed by atoms with Gasteiger partial charge in [-0.15, -0.1) is 11.3 Å².